The third-order valence-electron chi connectivity index (χ3n) is 4.38. The minimum atomic E-state index is -0.429. The zero-order valence-electron chi connectivity index (χ0n) is 16.8. The van der Waals surface area contributed by atoms with Crippen molar-refractivity contribution >= 4 is 17.5 Å². The molecule has 0 saturated carbocycles. The van der Waals surface area contributed by atoms with Crippen LogP contribution in [-0.2, 0) is 16.2 Å². The van der Waals surface area contributed by atoms with Crippen molar-refractivity contribution in [3.05, 3.63) is 60.2 Å². The lowest BCUT2D eigenvalue weighted by Crippen LogP contribution is -2.44. The Hall–Kier alpha value is -2.86. The Bertz CT molecular complexity index is 747. The lowest BCUT2D eigenvalue weighted by atomic mass is 10.2. The van der Waals surface area contributed by atoms with Crippen LogP contribution in [0.15, 0.2) is 54.6 Å². The molecular weight excluding hydrogens is 354 g/mol. The summed E-state index contributed by atoms with van der Waals surface area (Å²) in [4.78, 5) is 26.0. The van der Waals surface area contributed by atoms with Gasteiger partial charge in [0.2, 0.25) is 11.8 Å². The van der Waals surface area contributed by atoms with Crippen LogP contribution in [0.25, 0.3) is 0 Å². The highest BCUT2D eigenvalue weighted by molar-refractivity contribution is 5.95. The number of anilines is 1. The van der Waals surface area contributed by atoms with Crippen LogP contribution >= 0.6 is 0 Å². The second kappa shape index (κ2) is 11.1. The van der Waals surface area contributed by atoms with Crippen LogP contribution in [0, 0.1) is 0 Å². The number of ether oxygens (including phenoxy) is 1. The minimum absolute atomic E-state index is 0.0797. The molecule has 0 radical (unpaired) electrons. The van der Waals surface area contributed by atoms with E-state index in [4.69, 9.17) is 4.74 Å². The molecule has 0 aliphatic rings. The fourth-order valence-electron chi connectivity index (χ4n) is 2.51. The minimum Gasteiger partial charge on any atom is -0.489 e. The molecule has 0 aliphatic carbocycles. The molecule has 0 heterocycles. The molecule has 0 unspecified atom stereocenters. The van der Waals surface area contributed by atoms with Gasteiger partial charge < -0.3 is 15.4 Å². The molecule has 2 N–H and O–H groups in total. The SMILES string of the molecule is CCCNC(=O)CN(C)[C@H](C)C(=O)Nc1ccc(OCc2ccccc2)cc1. The Kier molecular flexibility index (Phi) is 8.49. The van der Waals surface area contributed by atoms with E-state index in [9.17, 15) is 9.59 Å². The first-order chi connectivity index (χ1) is 13.5. The highest BCUT2D eigenvalue weighted by Crippen LogP contribution is 2.17. The molecule has 0 fully saturated rings. The number of rotatable bonds is 10. The smallest absolute Gasteiger partial charge is 0.241 e. The third kappa shape index (κ3) is 7.04. The lowest BCUT2D eigenvalue weighted by molar-refractivity contribution is -0.124. The summed E-state index contributed by atoms with van der Waals surface area (Å²) in [5.74, 6) is 0.493. The van der Waals surface area contributed by atoms with Crippen molar-refractivity contribution in [2.45, 2.75) is 32.9 Å². The fourth-order valence-corrected chi connectivity index (χ4v) is 2.51. The van der Waals surface area contributed by atoms with Crippen LogP contribution in [0.4, 0.5) is 5.69 Å². The topological polar surface area (TPSA) is 70.7 Å². The highest BCUT2D eigenvalue weighted by Gasteiger charge is 2.20. The molecule has 28 heavy (non-hydrogen) atoms. The number of nitrogens with zero attached hydrogens (tertiary/aromatic N) is 1. The molecule has 1 atom stereocenters. The van der Waals surface area contributed by atoms with E-state index >= 15 is 0 Å². The summed E-state index contributed by atoms with van der Waals surface area (Å²) in [6.45, 7) is 5.10. The van der Waals surface area contributed by atoms with Crippen molar-refractivity contribution in [1.82, 2.24) is 10.2 Å². The normalized spacial score (nSPS) is 11.7. The average molecular weight is 383 g/mol. The molecule has 0 spiro atoms. The molecule has 0 aromatic heterocycles. The van der Waals surface area contributed by atoms with Gasteiger partial charge >= 0.3 is 0 Å². The van der Waals surface area contributed by atoms with E-state index in [2.05, 4.69) is 10.6 Å². The first-order valence-corrected chi connectivity index (χ1v) is 9.54. The molecule has 0 aliphatic heterocycles. The van der Waals surface area contributed by atoms with Gasteiger partial charge in [-0.2, -0.15) is 0 Å². The molecular formula is C22H29N3O3. The van der Waals surface area contributed by atoms with Gasteiger partial charge in [-0.05, 0) is 50.2 Å². The van der Waals surface area contributed by atoms with E-state index in [1.54, 1.807) is 31.0 Å². The number of hydrogen-bond donors (Lipinski definition) is 2. The van der Waals surface area contributed by atoms with Gasteiger partial charge in [-0.25, -0.2) is 0 Å². The maximum atomic E-state index is 12.4. The second-order valence-electron chi connectivity index (χ2n) is 6.73. The first-order valence-electron chi connectivity index (χ1n) is 9.54. The molecule has 6 heteroatoms. The predicted molar refractivity (Wildman–Crippen MR) is 111 cm³/mol. The number of benzene rings is 2. The zero-order valence-corrected chi connectivity index (χ0v) is 16.8. The van der Waals surface area contributed by atoms with Crippen LogP contribution in [0.5, 0.6) is 5.75 Å². The first kappa shape index (κ1) is 21.4. The quantitative estimate of drug-likeness (QED) is 0.662. The standard InChI is InChI=1S/C22H29N3O3/c1-4-14-23-21(26)15-25(3)17(2)22(27)24-19-10-12-20(13-11-19)28-16-18-8-6-5-7-9-18/h5-13,17H,4,14-16H2,1-3H3,(H,23,26)(H,24,27)/t17-/m1/s1. The maximum Gasteiger partial charge on any atom is 0.241 e. The number of nitrogens with one attached hydrogen (secondary N) is 2. The number of carbonyl (C=O) groups is 2. The van der Waals surface area contributed by atoms with Crippen LogP contribution < -0.4 is 15.4 Å². The van der Waals surface area contributed by atoms with Gasteiger partial charge in [-0.1, -0.05) is 37.3 Å². The number of carbonyl (C=O) groups excluding carboxylic acids is 2. The maximum absolute atomic E-state index is 12.4. The van der Waals surface area contributed by atoms with E-state index in [0.29, 0.717) is 18.8 Å². The van der Waals surface area contributed by atoms with Crippen molar-refractivity contribution in [3.8, 4) is 5.75 Å². The third-order valence-corrected chi connectivity index (χ3v) is 4.38. The molecule has 2 amide bonds. The fraction of sp³-hybridized carbons (Fsp3) is 0.364. The second-order valence-corrected chi connectivity index (χ2v) is 6.73. The van der Waals surface area contributed by atoms with Gasteiger partial charge in [0.25, 0.3) is 0 Å². The highest BCUT2D eigenvalue weighted by atomic mass is 16.5. The zero-order chi connectivity index (χ0) is 20.4. The molecule has 2 aromatic carbocycles. The van der Waals surface area contributed by atoms with Gasteiger partial charge in [0.15, 0.2) is 0 Å². The van der Waals surface area contributed by atoms with Gasteiger partial charge in [0, 0.05) is 12.2 Å². The Morgan fingerprint density at radius 3 is 2.39 bits per heavy atom. The molecule has 6 nitrogen and oxygen atoms in total. The molecule has 0 saturated heterocycles. The summed E-state index contributed by atoms with van der Waals surface area (Å²) < 4.78 is 5.75. The van der Waals surface area contributed by atoms with Crippen molar-refractivity contribution in [3.63, 3.8) is 0 Å². The molecule has 0 bridgehead atoms. The summed E-state index contributed by atoms with van der Waals surface area (Å²) in [7, 11) is 1.76. The van der Waals surface area contributed by atoms with Gasteiger partial charge in [0.05, 0.1) is 12.6 Å². The van der Waals surface area contributed by atoms with Crippen molar-refractivity contribution in [2.24, 2.45) is 0 Å². The Labute approximate surface area is 166 Å². The Morgan fingerprint density at radius 2 is 1.75 bits per heavy atom. The van der Waals surface area contributed by atoms with E-state index in [1.165, 1.54) is 0 Å². The number of hydrogen-bond acceptors (Lipinski definition) is 4. The average Bonchev–Trinajstić information content (AvgIpc) is 2.71. The van der Waals surface area contributed by atoms with Gasteiger partial charge in [-0.15, -0.1) is 0 Å². The van der Waals surface area contributed by atoms with E-state index in [0.717, 1.165) is 17.7 Å². The predicted octanol–water partition coefficient (Wildman–Crippen LogP) is 3.05. The largest absolute Gasteiger partial charge is 0.489 e. The monoisotopic (exact) mass is 383 g/mol. The van der Waals surface area contributed by atoms with Crippen molar-refractivity contribution < 1.29 is 14.3 Å². The number of amides is 2. The van der Waals surface area contributed by atoms with Crippen LogP contribution in [0.2, 0.25) is 0 Å². The Balaban J connectivity index is 1.81. The molecule has 2 aromatic rings. The number of likely N-dealkylation sites (N-methyl/N-ethyl adjacent to an activating group) is 1. The van der Waals surface area contributed by atoms with Gasteiger partial charge in [0.1, 0.15) is 12.4 Å². The van der Waals surface area contributed by atoms with Gasteiger partial charge in [-0.3, -0.25) is 14.5 Å². The summed E-state index contributed by atoms with van der Waals surface area (Å²) in [5, 5.41) is 5.68. The lowest BCUT2D eigenvalue weighted by Gasteiger charge is -2.23. The molecule has 150 valence electrons. The van der Waals surface area contributed by atoms with Crippen LogP contribution in [0.3, 0.4) is 0 Å². The van der Waals surface area contributed by atoms with E-state index in [1.807, 2.05) is 49.4 Å². The molecule has 2 rings (SSSR count). The summed E-state index contributed by atoms with van der Waals surface area (Å²) >= 11 is 0. The van der Waals surface area contributed by atoms with E-state index < -0.39 is 6.04 Å². The van der Waals surface area contributed by atoms with Crippen LogP contribution in [-0.4, -0.2) is 42.9 Å². The van der Waals surface area contributed by atoms with Crippen molar-refractivity contribution in [1.29, 1.82) is 0 Å². The summed E-state index contributed by atoms with van der Waals surface area (Å²) in [6, 6.07) is 16.8. The Morgan fingerprint density at radius 1 is 1.07 bits per heavy atom. The van der Waals surface area contributed by atoms with Crippen molar-refractivity contribution in [2.75, 3.05) is 25.5 Å². The van der Waals surface area contributed by atoms with Crippen LogP contribution in [0.1, 0.15) is 25.8 Å². The summed E-state index contributed by atoms with van der Waals surface area (Å²) in [6.07, 6.45) is 0.885. The summed E-state index contributed by atoms with van der Waals surface area (Å²) in [5.41, 5.74) is 1.78. The van der Waals surface area contributed by atoms with E-state index in [-0.39, 0.29) is 18.4 Å².